The number of allylic oxidation sites excluding steroid dienone is 2. The van der Waals surface area contributed by atoms with Crippen LogP contribution in [0, 0.1) is 5.92 Å². The van der Waals surface area contributed by atoms with Crippen LogP contribution in [-0.4, -0.2) is 16.4 Å². The lowest BCUT2D eigenvalue weighted by Crippen LogP contribution is -2.06. The molecule has 0 aliphatic rings. The average molecular weight is 198 g/mol. The van der Waals surface area contributed by atoms with Gasteiger partial charge in [-0.3, -0.25) is 0 Å². The van der Waals surface area contributed by atoms with Crippen molar-refractivity contribution in [2.24, 2.45) is 5.92 Å². The molecule has 76 valence electrons. The Hall–Kier alpha value is -0.343. The first-order valence-corrected chi connectivity index (χ1v) is 6.72. The van der Waals surface area contributed by atoms with Crippen molar-refractivity contribution in [3.8, 4) is 0 Å². The van der Waals surface area contributed by atoms with Crippen molar-refractivity contribution in [2.45, 2.75) is 32.2 Å². The highest BCUT2D eigenvalue weighted by atomic mass is 28.2. The van der Waals surface area contributed by atoms with Gasteiger partial charge in [0.1, 0.15) is 0 Å². The van der Waals surface area contributed by atoms with Crippen molar-refractivity contribution in [1.29, 1.82) is 0 Å². The summed E-state index contributed by atoms with van der Waals surface area (Å²) in [4.78, 5) is 0. The molecule has 0 saturated heterocycles. The van der Waals surface area contributed by atoms with Gasteiger partial charge in [0.15, 0.2) is 9.76 Å². The largest absolute Gasteiger partial charge is 0.424 e. The molecule has 13 heavy (non-hydrogen) atoms. The van der Waals surface area contributed by atoms with Gasteiger partial charge in [-0.25, -0.2) is 0 Å². The van der Waals surface area contributed by atoms with Gasteiger partial charge in [-0.15, -0.1) is 13.2 Å². The Morgan fingerprint density at radius 1 is 1.31 bits per heavy atom. The Morgan fingerprint density at radius 2 is 1.92 bits per heavy atom. The SMILES string of the molecule is C=CCC(CC=C)CCO[SiH2]CC. The molecule has 2 heteroatoms. The first-order valence-electron chi connectivity index (χ1n) is 5.14. The van der Waals surface area contributed by atoms with Crippen molar-refractivity contribution >= 4 is 9.76 Å². The molecule has 1 nitrogen and oxygen atoms in total. The van der Waals surface area contributed by atoms with Gasteiger partial charge in [0.2, 0.25) is 0 Å². The Labute approximate surface area is 84.8 Å². The molecule has 0 saturated carbocycles. The second-order valence-corrected chi connectivity index (χ2v) is 5.13. The second-order valence-electron chi connectivity index (χ2n) is 3.32. The van der Waals surface area contributed by atoms with Crippen molar-refractivity contribution in [1.82, 2.24) is 0 Å². The predicted molar refractivity (Wildman–Crippen MR) is 62.7 cm³/mol. The van der Waals surface area contributed by atoms with Gasteiger partial charge >= 0.3 is 0 Å². The molecule has 0 fully saturated rings. The van der Waals surface area contributed by atoms with Crippen LogP contribution in [0.1, 0.15) is 26.2 Å². The number of hydrogen-bond acceptors (Lipinski definition) is 1. The maximum absolute atomic E-state index is 5.58. The molecule has 0 spiro atoms. The third kappa shape index (κ3) is 8.00. The van der Waals surface area contributed by atoms with Gasteiger partial charge in [-0.1, -0.05) is 19.1 Å². The molecule has 0 radical (unpaired) electrons. The van der Waals surface area contributed by atoms with Crippen molar-refractivity contribution in [3.63, 3.8) is 0 Å². The van der Waals surface area contributed by atoms with Crippen LogP contribution in [0.15, 0.2) is 25.3 Å². The molecule has 0 heterocycles. The highest BCUT2D eigenvalue weighted by Gasteiger charge is 2.03. The fourth-order valence-corrected chi connectivity index (χ4v) is 1.96. The quantitative estimate of drug-likeness (QED) is 0.314. The molecular weight excluding hydrogens is 176 g/mol. The first kappa shape index (κ1) is 12.7. The van der Waals surface area contributed by atoms with Crippen LogP contribution in [0.2, 0.25) is 6.04 Å². The van der Waals surface area contributed by atoms with E-state index in [1.807, 2.05) is 12.2 Å². The van der Waals surface area contributed by atoms with Crippen LogP contribution in [0.3, 0.4) is 0 Å². The van der Waals surface area contributed by atoms with Crippen molar-refractivity contribution < 1.29 is 4.43 Å². The van der Waals surface area contributed by atoms with Gasteiger partial charge in [-0.2, -0.15) is 0 Å². The van der Waals surface area contributed by atoms with Gasteiger partial charge in [-0.05, 0) is 31.2 Å². The van der Waals surface area contributed by atoms with E-state index < -0.39 is 0 Å². The summed E-state index contributed by atoms with van der Waals surface area (Å²) in [6, 6.07) is 1.24. The predicted octanol–water partition coefficient (Wildman–Crippen LogP) is 2.68. The fourth-order valence-electron chi connectivity index (χ4n) is 1.30. The van der Waals surface area contributed by atoms with E-state index in [9.17, 15) is 0 Å². The monoisotopic (exact) mass is 198 g/mol. The molecule has 0 aliphatic carbocycles. The Kier molecular flexibility index (Phi) is 9.49. The zero-order valence-corrected chi connectivity index (χ0v) is 10.2. The van der Waals surface area contributed by atoms with E-state index in [-0.39, 0.29) is 9.76 Å². The molecule has 0 aromatic rings. The molecule has 0 N–H and O–H groups in total. The normalized spacial score (nSPS) is 11.2. The molecular formula is C11H22OSi. The average Bonchev–Trinajstić information content (AvgIpc) is 2.13. The maximum atomic E-state index is 5.58. The third-order valence-corrected chi connectivity index (χ3v) is 3.00. The standard InChI is InChI=1S/C11H22OSi/c1-4-7-11(8-5-2)9-10-12-13-6-3/h4-5,11H,1-2,6-10,13H2,3H3. The lowest BCUT2D eigenvalue weighted by atomic mass is 9.98. The van der Waals surface area contributed by atoms with Crippen molar-refractivity contribution in [2.75, 3.05) is 6.61 Å². The van der Waals surface area contributed by atoms with Crippen LogP contribution in [-0.2, 0) is 4.43 Å². The molecule has 0 rings (SSSR count). The van der Waals surface area contributed by atoms with Gasteiger partial charge in [0.25, 0.3) is 0 Å². The summed E-state index contributed by atoms with van der Waals surface area (Å²) in [6.45, 7) is 10.6. The maximum Gasteiger partial charge on any atom is 0.161 e. The van der Waals surface area contributed by atoms with Crippen LogP contribution < -0.4 is 0 Å². The lowest BCUT2D eigenvalue weighted by molar-refractivity contribution is 0.291. The summed E-state index contributed by atoms with van der Waals surface area (Å²) in [7, 11) is -0.201. The van der Waals surface area contributed by atoms with Crippen LogP contribution >= 0.6 is 0 Å². The number of hydrogen-bond donors (Lipinski definition) is 0. The Morgan fingerprint density at radius 3 is 2.38 bits per heavy atom. The van der Waals surface area contributed by atoms with E-state index in [1.54, 1.807) is 0 Å². The van der Waals surface area contributed by atoms with Crippen LogP contribution in [0.25, 0.3) is 0 Å². The van der Waals surface area contributed by atoms with Crippen LogP contribution in [0.4, 0.5) is 0 Å². The summed E-state index contributed by atoms with van der Waals surface area (Å²) in [5, 5.41) is 0. The van der Waals surface area contributed by atoms with E-state index >= 15 is 0 Å². The molecule has 0 aromatic carbocycles. The van der Waals surface area contributed by atoms with E-state index in [4.69, 9.17) is 4.43 Å². The number of rotatable bonds is 9. The summed E-state index contributed by atoms with van der Waals surface area (Å²) in [5.74, 6) is 0.695. The minimum absolute atomic E-state index is 0.201. The minimum Gasteiger partial charge on any atom is -0.424 e. The van der Waals surface area contributed by atoms with E-state index in [1.165, 1.54) is 6.04 Å². The Balaban J connectivity index is 3.43. The summed E-state index contributed by atoms with van der Waals surface area (Å²) in [6.07, 6.45) is 7.31. The molecule has 0 atom stereocenters. The van der Waals surface area contributed by atoms with Crippen molar-refractivity contribution in [3.05, 3.63) is 25.3 Å². The molecule has 0 unspecified atom stereocenters. The highest BCUT2D eigenvalue weighted by Crippen LogP contribution is 2.14. The third-order valence-electron chi connectivity index (χ3n) is 2.02. The fraction of sp³-hybridized carbons (Fsp3) is 0.636. The van der Waals surface area contributed by atoms with Gasteiger partial charge in [0.05, 0.1) is 0 Å². The van der Waals surface area contributed by atoms with Crippen LogP contribution in [0.5, 0.6) is 0 Å². The lowest BCUT2D eigenvalue weighted by Gasteiger charge is -2.12. The molecule has 0 aliphatic heterocycles. The topological polar surface area (TPSA) is 9.23 Å². The summed E-state index contributed by atoms with van der Waals surface area (Å²) >= 11 is 0. The smallest absolute Gasteiger partial charge is 0.161 e. The molecule has 0 aromatic heterocycles. The minimum atomic E-state index is -0.201. The van der Waals surface area contributed by atoms with Gasteiger partial charge in [0, 0.05) is 6.61 Å². The van der Waals surface area contributed by atoms with E-state index in [2.05, 4.69) is 20.1 Å². The highest BCUT2D eigenvalue weighted by molar-refractivity contribution is 6.26. The van der Waals surface area contributed by atoms with E-state index in [0.717, 1.165) is 25.9 Å². The summed E-state index contributed by atoms with van der Waals surface area (Å²) in [5.41, 5.74) is 0. The second kappa shape index (κ2) is 9.74. The molecule has 0 bridgehead atoms. The zero-order chi connectivity index (χ0) is 9.94. The summed E-state index contributed by atoms with van der Waals surface area (Å²) < 4.78 is 5.58. The van der Waals surface area contributed by atoms with Gasteiger partial charge < -0.3 is 4.43 Å². The van der Waals surface area contributed by atoms with E-state index in [0.29, 0.717) is 5.92 Å². The molecule has 0 amide bonds. The zero-order valence-electron chi connectivity index (χ0n) is 8.80. The first-order chi connectivity index (χ1) is 6.35. The Bertz CT molecular complexity index is 124.